The Balaban J connectivity index is 1.79. The first-order chi connectivity index (χ1) is 13.5. The number of rotatable bonds is 9. The van der Waals surface area contributed by atoms with Crippen molar-refractivity contribution < 1.29 is 0 Å². The topological polar surface area (TPSA) is 27.0 Å². The quantitative estimate of drug-likeness (QED) is 0.448. The van der Waals surface area contributed by atoms with Gasteiger partial charge < -0.3 is 0 Å². The van der Waals surface area contributed by atoms with Crippen molar-refractivity contribution in [1.82, 2.24) is 4.90 Å². The second-order valence-corrected chi connectivity index (χ2v) is 8.77. The van der Waals surface area contributed by atoms with E-state index >= 15 is 0 Å². The highest BCUT2D eigenvalue weighted by atomic mass is 35.5. The Morgan fingerprint density at radius 2 is 1.75 bits per heavy atom. The van der Waals surface area contributed by atoms with E-state index in [1.807, 2.05) is 24.3 Å². The Hall–Kier alpha value is -1.53. The summed E-state index contributed by atoms with van der Waals surface area (Å²) in [6, 6.07) is 19.2. The van der Waals surface area contributed by atoms with Crippen LogP contribution in [0.1, 0.15) is 50.2 Å². The van der Waals surface area contributed by atoms with Crippen LogP contribution >= 0.6 is 23.2 Å². The molecular weight excluding hydrogens is 387 g/mol. The molecule has 2 aromatic carbocycles. The van der Waals surface area contributed by atoms with Gasteiger partial charge in [0.15, 0.2) is 0 Å². The molecule has 0 amide bonds. The van der Waals surface area contributed by atoms with Crippen molar-refractivity contribution in [3.05, 3.63) is 69.7 Å². The molecule has 0 heterocycles. The van der Waals surface area contributed by atoms with E-state index in [-0.39, 0.29) is 0 Å². The third-order valence-electron chi connectivity index (χ3n) is 6.12. The van der Waals surface area contributed by atoms with Crippen molar-refractivity contribution in [2.45, 2.75) is 57.0 Å². The van der Waals surface area contributed by atoms with Crippen LogP contribution in [-0.2, 0) is 12.0 Å². The van der Waals surface area contributed by atoms with Crippen molar-refractivity contribution in [1.29, 1.82) is 5.26 Å². The fourth-order valence-corrected chi connectivity index (χ4v) is 5.10. The Morgan fingerprint density at radius 3 is 2.29 bits per heavy atom. The highest BCUT2D eigenvalue weighted by Crippen LogP contribution is 2.53. The lowest BCUT2D eigenvalue weighted by molar-refractivity contribution is 0.201. The zero-order chi connectivity index (χ0) is 20.1. The Morgan fingerprint density at radius 1 is 1.11 bits per heavy atom. The minimum absolute atomic E-state index is 0.354. The second-order valence-electron chi connectivity index (χ2n) is 7.96. The second kappa shape index (κ2) is 9.31. The molecule has 2 nitrogen and oxygen atoms in total. The predicted octanol–water partition coefficient (Wildman–Crippen LogP) is 6.86. The highest BCUT2D eigenvalue weighted by Gasteiger charge is 2.49. The third kappa shape index (κ3) is 4.54. The number of hydrogen-bond acceptors (Lipinski definition) is 2. The van der Waals surface area contributed by atoms with Gasteiger partial charge in [0, 0.05) is 28.2 Å². The number of halogens is 2. The van der Waals surface area contributed by atoms with Crippen LogP contribution in [-0.4, -0.2) is 18.0 Å². The molecule has 1 saturated carbocycles. The van der Waals surface area contributed by atoms with Gasteiger partial charge in [0.25, 0.3) is 0 Å². The molecule has 0 saturated heterocycles. The number of nitrogens with zero attached hydrogens (tertiary/aromatic N) is 2. The molecule has 3 rings (SSSR count). The number of nitriles is 1. The summed E-state index contributed by atoms with van der Waals surface area (Å²) < 4.78 is 0. The lowest BCUT2D eigenvalue weighted by atomic mass is 9.72. The van der Waals surface area contributed by atoms with Crippen molar-refractivity contribution >= 4 is 23.2 Å². The van der Waals surface area contributed by atoms with E-state index in [2.05, 4.69) is 49.2 Å². The third-order valence-corrected chi connectivity index (χ3v) is 6.75. The van der Waals surface area contributed by atoms with Crippen LogP contribution in [0.25, 0.3) is 0 Å². The fraction of sp³-hybridized carbons (Fsp3) is 0.458. The molecule has 2 aromatic rings. The van der Waals surface area contributed by atoms with Gasteiger partial charge in [-0.15, -0.1) is 0 Å². The molecule has 28 heavy (non-hydrogen) atoms. The average Bonchev–Trinajstić information content (AvgIpc) is 3.53. The molecule has 0 aromatic heterocycles. The van der Waals surface area contributed by atoms with Crippen LogP contribution in [0.2, 0.25) is 10.0 Å². The lowest BCUT2D eigenvalue weighted by Crippen LogP contribution is -2.35. The maximum atomic E-state index is 10.3. The molecule has 1 aliphatic rings. The highest BCUT2D eigenvalue weighted by molar-refractivity contribution is 6.36. The molecule has 148 valence electrons. The van der Waals surface area contributed by atoms with Gasteiger partial charge in [0.1, 0.15) is 0 Å². The standard InChI is InChI=1S/C24H28Cl2N2/c1-3-20(28(2)16-18-8-5-4-6-9-18)14-15-24(17-27,19-12-13-19)23-21(25)10-7-11-22(23)26/h4-11,19-20H,3,12-16H2,1-2H3. The van der Waals surface area contributed by atoms with E-state index in [0.717, 1.165) is 44.2 Å². The van der Waals surface area contributed by atoms with E-state index in [1.165, 1.54) is 5.56 Å². The SMILES string of the molecule is CCC(CCC(C#N)(c1c(Cl)cccc1Cl)C1CC1)N(C)Cc1ccccc1. The van der Waals surface area contributed by atoms with Gasteiger partial charge in [-0.3, -0.25) is 4.90 Å². The number of hydrogen-bond donors (Lipinski definition) is 0. The van der Waals surface area contributed by atoms with Gasteiger partial charge in [-0.25, -0.2) is 0 Å². The Labute approximate surface area is 179 Å². The van der Waals surface area contributed by atoms with Crippen LogP contribution in [0, 0.1) is 17.2 Å². The molecule has 0 bridgehead atoms. The lowest BCUT2D eigenvalue weighted by Gasteiger charge is -2.33. The van der Waals surface area contributed by atoms with Gasteiger partial charge in [0.05, 0.1) is 11.5 Å². The molecule has 0 N–H and O–H groups in total. The van der Waals surface area contributed by atoms with Gasteiger partial charge in [0.2, 0.25) is 0 Å². The van der Waals surface area contributed by atoms with Crippen LogP contribution in [0.3, 0.4) is 0 Å². The Bertz CT molecular complexity index is 806. The maximum absolute atomic E-state index is 10.3. The zero-order valence-corrected chi connectivity index (χ0v) is 18.2. The van der Waals surface area contributed by atoms with Crippen LogP contribution in [0.5, 0.6) is 0 Å². The summed E-state index contributed by atoms with van der Waals surface area (Å²) in [4.78, 5) is 2.40. The summed E-state index contributed by atoms with van der Waals surface area (Å²) >= 11 is 13.1. The molecule has 0 aliphatic heterocycles. The van der Waals surface area contributed by atoms with E-state index in [1.54, 1.807) is 0 Å². The minimum Gasteiger partial charge on any atom is -0.299 e. The average molecular weight is 415 g/mol. The first-order valence-corrected chi connectivity index (χ1v) is 10.9. The molecule has 0 radical (unpaired) electrons. The summed E-state index contributed by atoms with van der Waals surface area (Å²) in [5.74, 6) is 0.354. The zero-order valence-electron chi connectivity index (χ0n) is 16.7. The molecule has 1 fully saturated rings. The van der Waals surface area contributed by atoms with Crippen LogP contribution in [0.4, 0.5) is 0 Å². The van der Waals surface area contributed by atoms with E-state index in [4.69, 9.17) is 23.2 Å². The fourth-order valence-electron chi connectivity index (χ4n) is 4.37. The van der Waals surface area contributed by atoms with Crippen molar-refractivity contribution in [3.8, 4) is 6.07 Å². The van der Waals surface area contributed by atoms with Gasteiger partial charge in [-0.05, 0) is 62.8 Å². The molecule has 2 atom stereocenters. The first kappa shape index (κ1) is 21.2. The normalized spacial score (nSPS) is 17.1. The molecular formula is C24H28Cl2N2. The predicted molar refractivity (Wildman–Crippen MR) is 118 cm³/mol. The summed E-state index contributed by atoms with van der Waals surface area (Å²) in [6.07, 6.45) is 4.93. The monoisotopic (exact) mass is 414 g/mol. The van der Waals surface area contributed by atoms with Crippen molar-refractivity contribution in [3.63, 3.8) is 0 Å². The van der Waals surface area contributed by atoms with Crippen molar-refractivity contribution in [2.24, 2.45) is 5.92 Å². The van der Waals surface area contributed by atoms with E-state index in [0.29, 0.717) is 22.0 Å². The summed E-state index contributed by atoms with van der Waals surface area (Å²) in [5, 5.41) is 11.5. The van der Waals surface area contributed by atoms with Gasteiger partial charge in [-0.1, -0.05) is 66.5 Å². The molecule has 4 heteroatoms. The van der Waals surface area contributed by atoms with Crippen LogP contribution < -0.4 is 0 Å². The summed E-state index contributed by atoms with van der Waals surface area (Å²) in [6.45, 7) is 3.13. The summed E-state index contributed by atoms with van der Waals surface area (Å²) in [5.41, 5.74) is 1.56. The van der Waals surface area contributed by atoms with Crippen molar-refractivity contribution in [2.75, 3.05) is 7.05 Å². The Kier molecular flexibility index (Phi) is 7.05. The maximum Gasteiger partial charge on any atom is 0.0879 e. The molecule has 2 unspecified atom stereocenters. The molecule has 1 aliphatic carbocycles. The number of benzene rings is 2. The first-order valence-electron chi connectivity index (χ1n) is 10.1. The smallest absolute Gasteiger partial charge is 0.0879 e. The largest absolute Gasteiger partial charge is 0.299 e. The molecule has 0 spiro atoms. The summed E-state index contributed by atoms with van der Waals surface area (Å²) in [7, 11) is 2.18. The van der Waals surface area contributed by atoms with Crippen LogP contribution in [0.15, 0.2) is 48.5 Å². The van der Waals surface area contributed by atoms with E-state index < -0.39 is 5.41 Å². The minimum atomic E-state index is -0.587. The van der Waals surface area contributed by atoms with Gasteiger partial charge in [-0.2, -0.15) is 5.26 Å². The van der Waals surface area contributed by atoms with E-state index in [9.17, 15) is 5.26 Å². The van der Waals surface area contributed by atoms with Gasteiger partial charge >= 0.3 is 0 Å².